The summed E-state index contributed by atoms with van der Waals surface area (Å²) >= 11 is 0. The number of carbonyl (C=O) groups is 2. The lowest BCUT2D eigenvalue weighted by atomic mass is 9.91. The van der Waals surface area contributed by atoms with Crippen molar-refractivity contribution in [1.82, 2.24) is 15.1 Å². The molecular formula is C30H38N4O5. The van der Waals surface area contributed by atoms with Crippen molar-refractivity contribution in [2.45, 2.75) is 96.4 Å². The molecule has 3 fully saturated rings. The maximum absolute atomic E-state index is 13.0. The molecule has 2 aromatic rings. The van der Waals surface area contributed by atoms with Crippen LogP contribution in [0.25, 0.3) is 11.3 Å². The normalized spacial score (nSPS) is 25.8. The summed E-state index contributed by atoms with van der Waals surface area (Å²) in [4.78, 5) is 25.2. The second kappa shape index (κ2) is 10.9. The van der Waals surface area contributed by atoms with Gasteiger partial charge in [-0.05, 0) is 109 Å². The zero-order valence-corrected chi connectivity index (χ0v) is 23.2. The molecule has 3 saturated carbocycles. The van der Waals surface area contributed by atoms with E-state index < -0.39 is 17.7 Å². The van der Waals surface area contributed by atoms with Crippen LogP contribution < -0.4 is 10.1 Å². The van der Waals surface area contributed by atoms with Crippen LogP contribution in [0, 0.1) is 23.2 Å². The monoisotopic (exact) mass is 534 g/mol. The van der Waals surface area contributed by atoms with E-state index in [1.54, 1.807) is 11.6 Å². The van der Waals surface area contributed by atoms with Gasteiger partial charge in [0.05, 0.1) is 18.8 Å². The molecule has 1 N–H and O–H groups in total. The Hall–Kier alpha value is -3.54. The molecule has 0 aliphatic heterocycles. The number of benzene rings is 1. The Kier molecular flexibility index (Phi) is 7.57. The van der Waals surface area contributed by atoms with Gasteiger partial charge in [-0.15, -0.1) is 0 Å². The number of nitrogens with zero attached hydrogens (tertiary/aromatic N) is 3. The first kappa shape index (κ1) is 27.0. The highest BCUT2D eigenvalue weighted by molar-refractivity contribution is 5.93. The van der Waals surface area contributed by atoms with Crippen molar-refractivity contribution in [3.8, 4) is 23.1 Å². The molecule has 0 bridgehead atoms. The smallest absolute Gasteiger partial charge is 0.407 e. The Morgan fingerprint density at radius 2 is 1.74 bits per heavy atom. The first-order chi connectivity index (χ1) is 18.6. The van der Waals surface area contributed by atoms with Crippen LogP contribution in [0.1, 0.15) is 94.7 Å². The fraction of sp³-hybridized carbons (Fsp3) is 0.600. The fourth-order valence-corrected chi connectivity index (χ4v) is 5.98. The molecule has 0 saturated heterocycles. The highest BCUT2D eigenvalue weighted by Crippen LogP contribution is 2.52. The maximum Gasteiger partial charge on any atom is 0.407 e. The maximum atomic E-state index is 13.0. The quantitative estimate of drug-likeness (QED) is 0.447. The number of aromatic nitrogens is 2. The van der Waals surface area contributed by atoms with Crippen LogP contribution in [0.3, 0.4) is 0 Å². The number of esters is 1. The first-order valence-electron chi connectivity index (χ1n) is 14.1. The summed E-state index contributed by atoms with van der Waals surface area (Å²) in [5.74, 6) is 1.95. The number of nitriles is 1. The van der Waals surface area contributed by atoms with E-state index in [1.165, 1.54) is 6.42 Å². The molecule has 208 valence electrons. The van der Waals surface area contributed by atoms with Crippen LogP contribution in [0.4, 0.5) is 4.79 Å². The van der Waals surface area contributed by atoms with Crippen LogP contribution in [0.2, 0.25) is 0 Å². The van der Waals surface area contributed by atoms with E-state index in [1.807, 2.05) is 45.0 Å². The van der Waals surface area contributed by atoms with Crippen molar-refractivity contribution in [2.75, 3.05) is 6.61 Å². The third kappa shape index (κ3) is 6.21. The number of alkyl carbamates (subject to hydrolysis) is 1. The van der Waals surface area contributed by atoms with E-state index in [2.05, 4.69) is 11.4 Å². The molecule has 0 spiro atoms. The summed E-state index contributed by atoms with van der Waals surface area (Å²) in [6.45, 7) is 7.44. The van der Waals surface area contributed by atoms with Gasteiger partial charge in [0.2, 0.25) is 0 Å². The third-order valence-electron chi connectivity index (χ3n) is 7.89. The molecule has 2 atom stereocenters. The molecule has 9 nitrogen and oxygen atoms in total. The Balaban J connectivity index is 1.33. The molecule has 3 aliphatic carbocycles. The summed E-state index contributed by atoms with van der Waals surface area (Å²) in [6.07, 6.45) is 6.26. The Bertz CT molecular complexity index is 1240. The van der Waals surface area contributed by atoms with Gasteiger partial charge in [0.25, 0.3) is 0 Å². The van der Waals surface area contributed by atoms with Crippen LogP contribution in [-0.2, 0) is 9.47 Å². The van der Waals surface area contributed by atoms with Gasteiger partial charge in [0.1, 0.15) is 28.7 Å². The number of ether oxygens (including phenoxy) is 3. The van der Waals surface area contributed by atoms with Gasteiger partial charge in [-0.1, -0.05) is 0 Å². The zero-order chi connectivity index (χ0) is 27.7. The summed E-state index contributed by atoms with van der Waals surface area (Å²) in [5, 5.41) is 17.8. The van der Waals surface area contributed by atoms with E-state index in [4.69, 9.17) is 19.3 Å². The molecule has 1 aromatic heterocycles. The van der Waals surface area contributed by atoms with E-state index in [-0.39, 0.29) is 36.1 Å². The SMILES string of the molecule is CCOC(=O)c1c(C#N)c(-c2ccc(OC3CC4CC4C3)cc2)nn1C1CCC(NC(=O)OC(C)(C)C)CC1. The molecule has 3 aliphatic rings. The molecule has 9 heteroatoms. The zero-order valence-electron chi connectivity index (χ0n) is 23.2. The number of carbonyl (C=O) groups excluding carboxylic acids is 2. The van der Waals surface area contributed by atoms with Crippen molar-refractivity contribution in [3.63, 3.8) is 0 Å². The Labute approximate surface area is 229 Å². The molecule has 1 aromatic carbocycles. The highest BCUT2D eigenvalue weighted by atomic mass is 16.6. The fourth-order valence-electron chi connectivity index (χ4n) is 5.98. The number of amides is 1. The largest absolute Gasteiger partial charge is 0.490 e. The van der Waals surface area contributed by atoms with Crippen molar-refractivity contribution < 1.29 is 23.8 Å². The minimum absolute atomic E-state index is 0.0223. The molecule has 5 rings (SSSR count). The number of hydrogen-bond acceptors (Lipinski definition) is 7. The van der Waals surface area contributed by atoms with Gasteiger partial charge >= 0.3 is 12.1 Å². The van der Waals surface area contributed by atoms with Gasteiger partial charge in [0, 0.05) is 11.6 Å². The second-order valence-electron chi connectivity index (χ2n) is 12.0. The van der Waals surface area contributed by atoms with E-state index in [0.29, 0.717) is 31.4 Å². The van der Waals surface area contributed by atoms with Gasteiger partial charge in [-0.25, -0.2) is 9.59 Å². The number of nitrogens with one attached hydrogen (secondary N) is 1. The Morgan fingerprint density at radius 3 is 2.33 bits per heavy atom. The van der Waals surface area contributed by atoms with Gasteiger partial charge < -0.3 is 19.5 Å². The number of hydrogen-bond donors (Lipinski definition) is 1. The van der Waals surface area contributed by atoms with Gasteiger partial charge in [0.15, 0.2) is 5.69 Å². The molecule has 0 radical (unpaired) electrons. The molecule has 39 heavy (non-hydrogen) atoms. The molecular weight excluding hydrogens is 496 g/mol. The lowest BCUT2D eigenvalue weighted by Crippen LogP contribution is -2.41. The first-order valence-corrected chi connectivity index (χ1v) is 14.1. The van der Waals surface area contributed by atoms with E-state index in [0.717, 1.165) is 36.0 Å². The van der Waals surface area contributed by atoms with Crippen molar-refractivity contribution in [1.29, 1.82) is 5.26 Å². The lowest BCUT2D eigenvalue weighted by Gasteiger charge is -2.30. The number of fused-ring (bicyclic) bond motifs is 1. The summed E-state index contributed by atoms with van der Waals surface area (Å²) in [6, 6.07) is 9.71. The predicted octanol–water partition coefficient (Wildman–Crippen LogP) is 5.78. The predicted molar refractivity (Wildman–Crippen MR) is 144 cm³/mol. The van der Waals surface area contributed by atoms with Gasteiger partial charge in [-0.3, -0.25) is 4.68 Å². The molecule has 1 heterocycles. The molecule has 1 amide bonds. The van der Waals surface area contributed by atoms with Gasteiger partial charge in [-0.2, -0.15) is 10.4 Å². The van der Waals surface area contributed by atoms with Crippen LogP contribution in [0.5, 0.6) is 5.75 Å². The average molecular weight is 535 g/mol. The van der Waals surface area contributed by atoms with E-state index >= 15 is 0 Å². The highest BCUT2D eigenvalue weighted by Gasteiger charge is 2.46. The van der Waals surface area contributed by atoms with Crippen molar-refractivity contribution >= 4 is 12.1 Å². The number of rotatable bonds is 7. The third-order valence-corrected chi connectivity index (χ3v) is 7.89. The van der Waals surface area contributed by atoms with Crippen molar-refractivity contribution in [3.05, 3.63) is 35.5 Å². The average Bonchev–Trinajstić information content (AvgIpc) is 3.30. The summed E-state index contributed by atoms with van der Waals surface area (Å²) < 4.78 is 18.6. The minimum atomic E-state index is -0.559. The summed E-state index contributed by atoms with van der Waals surface area (Å²) in [5.41, 5.74) is 1.05. The van der Waals surface area contributed by atoms with Crippen LogP contribution in [0.15, 0.2) is 24.3 Å². The van der Waals surface area contributed by atoms with Crippen LogP contribution >= 0.6 is 0 Å². The van der Waals surface area contributed by atoms with Crippen LogP contribution in [-0.4, -0.2) is 46.2 Å². The minimum Gasteiger partial charge on any atom is -0.490 e. The van der Waals surface area contributed by atoms with Crippen molar-refractivity contribution in [2.24, 2.45) is 11.8 Å². The topological polar surface area (TPSA) is 115 Å². The standard InChI is InChI=1S/C30H38N4O5/c1-5-37-28(35)27-25(17-31)26(18-6-12-23(13-7-18)38-24-15-19-14-20(19)16-24)33-34(27)22-10-8-21(9-11-22)32-29(36)39-30(2,3)4/h6-7,12-13,19-22,24H,5,8-11,14-16H2,1-4H3,(H,32,36). The summed E-state index contributed by atoms with van der Waals surface area (Å²) in [7, 11) is 0. The Morgan fingerprint density at radius 1 is 1.08 bits per heavy atom. The van der Waals surface area contributed by atoms with E-state index in [9.17, 15) is 14.9 Å². The lowest BCUT2D eigenvalue weighted by molar-refractivity contribution is 0.0487. The molecule has 2 unspecified atom stereocenters. The second-order valence-corrected chi connectivity index (χ2v) is 12.0.